The first-order valence-corrected chi connectivity index (χ1v) is 4.82. The summed E-state index contributed by atoms with van der Waals surface area (Å²) >= 11 is 0. The predicted molar refractivity (Wildman–Crippen MR) is 49.7 cm³/mol. The van der Waals surface area contributed by atoms with Crippen LogP contribution in [0.5, 0.6) is 0 Å². The lowest BCUT2D eigenvalue weighted by Gasteiger charge is -2.19. The molecule has 0 bridgehead atoms. The average Bonchev–Trinajstić information content (AvgIpc) is 2.49. The maximum absolute atomic E-state index is 5.66. The first-order valence-electron chi connectivity index (χ1n) is 4.82. The van der Waals surface area contributed by atoms with Gasteiger partial charge in [0.1, 0.15) is 5.76 Å². The second-order valence-electron chi connectivity index (χ2n) is 3.95. The third-order valence-electron chi connectivity index (χ3n) is 2.72. The molecule has 66 valence electrons. The summed E-state index contributed by atoms with van der Waals surface area (Å²) in [6.45, 7) is 5.39. The number of hydrogen-bond acceptors (Lipinski definition) is 1. The summed E-state index contributed by atoms with van der Waals surface area (Å²) in [7, 11) is 0. The van der Waals surface area contributed by atoms with Crippen molar-refractivity contribution in [3.63, 3.8) is 0 Å². The van der Waals surface area contributed by atoms with Crippen LogP contribution >= 0.6 is 0 Å². The maximum Gasteiger partial charge on any atom is 0.103 e. The van der Waals surface area contributed by atoms with Gasteiger partial charge in [-0.2, -0.15) is 0 Å². The van der Waals surface area contributed by atoms with Gasteiger partial charge in [-0.15, -0.1) is 0 Å². The van der Waals surface area contributed by atoms with Crippen molar-refractivity contribution in [1.82, 2.24) is 0 Å². The van der Waals surface area contributed by atoms with Gasteiger partial charge in [-0.05, 0) is 24.3 Å². The molecule has 1 nitrogen and oxygen atoms in total. The van der Waals surface area contributed by atoms with E-state index in [4.69, 9.17) is 4.74 Å². The summed E-state index contributed by atoms with van der Waals surface area (Å²) in [5.41, 5.74) is 1.42. The van der Waals surface area contributed by atoms with Crippen LogP contribution in [0.15, 0.2) is 23.5 Å². The predicted octanol–water partition coefficient (Wildman–Crippen LogP) is 2.89. The molecule has 12 heavy (non-hydrogen) atoms. The van der Waals surface area contributed by atoms with Crippen LogP contribution in [0.4, 0.5) is 0 Å². The molecule has 0 aromatic carbocycles. The van der Waals surface area contributed by atoms with Crippen molar-refractivity contribution >= 4 is 0 Å². The topological polar surface area (TPSA) is 9.23 Å². The monoisotopic (exact) mass is 164 g/mol. The van der Waals surface area contributed by atoms with E-state index in [0.717, 1.165) is 6.61 Å². The Labute approximate surface area is 74.1 Å². The molecule has 1 aliphatic heterocycles. The highest BCUT2D eigenvalue weighted by atomic mass is 16.5. The van der Waals surface area contributed by atoms with Gasteiger partial charge in [0.25, 0.3) is 0 Å². The molecule has 2 aliphatic rings. The van der Waals surface area contributed by atoms with Crippen LogP contribution in [0.25, 0.3) is 0 Å². The second-order valence-corrected chi connectivity index (χ2v) is 3.95. The summed E-state index contributed by atoms with van der Waals surface area (Å²) in [5, 5.41) is 0. The zero-order chi connectivity index (χ0) is 8.55. The molecule has 0 radical (unpaired) electrons. The molecular weight excluding hydrogens is 148 g/mol. The number of allylic oxidation sites excluding steroid dienone is 4. The minimum atomic E-state index is 0.608. The molecule has 0 spiro atoms. The van der Waals surface area contributed by atoms with Crippen molar-refractivity contribution < 1.29 is 4.74 Å². The molecule has 1 fully saturated rings. The molecule has 1 atom stereocenters. The lowest BCUT2D eigenvalue weighted by Crippen LogP contribution is -2.07. The normalized spacial score (nSPS) is 27.8. The summed E-state index contributed by atoms with van der Waals surface area (Å²) in [6.07, 6.45) is 6.93. The molecule has 1 heteroatoms. The quantitative estimate of drug-likeness (QED) is 0.579. The fourth-order valence-electron chi connectivity index (χ4n) is 2.02. The van der Waals surface area contributed by atoms with E-state index < -0.39 is 0 Å². The van der Waals surface area contributed by atoms with Crippen molar-refractivity contribution in [2.24, 2.45) is 11.8 Å². The van der Waals surface area contributed by atoms with Gasteiger partial charge >= 0.3 is 0 Å². The Morgan fingerprint density at radius 2 is 2.33 bits per heavy atom. The molecule has 0 aromatic rings. The molecule has 1 aliphatic carbocycles. The lowest BCUT2D eigenvalue weighted by atomic mass is 9.88. The molecule has 2 rings (SSSR count). The number of hydrogen-bond donors (Lipinski definition) is 0. The van der Waals surface area contributed by atoms with Crippen molar-refractivity contribution in [3.8, 4) is 0 Å². The smallest absolute Gasteiger partial charge is 0.103 e. The van der Waals surface area contributed by atoms with Gasteiger partial charge < -0.3 is 4.74 Å². The van der Waals surface area contributed by atoms with Crippen molar-refractivity contribution in [2.75, 3.05) is 6.61 Å². The van der Waals surface area contributed by atoms with Gasteiger partial charge in [0.15, 0.2) is 0 Å². The molecule has 1 saturated heterocycles. The minimum Gasteiger partial charge on any atom is -0.497 e. The Morgan fingerprint density at radius 1 is 1.50 bits per heavy atom. The van der Waals surface area contributed by atoms with Crippen molar-refractivity contribution in [3.05, 3.63) is 23.5 Å². The fraction of sp³-hybridized carbons (Fsp3) is 0.636. The highest BCUT2D eigenvalue weighted by molar-refractivity contribution is 5.30. The lowest BCUT2D eigenvalue weighted by molar-refractivity contribution is 0.252. The van der Waals surface area contributed by atoms with E-state index in [0.29, 0.717) is 11.8 Å². The van der Waals surface area contributed by atoms with Gasteiger partial charge in [-0.1, -0.05) is 26.0 Å². The van der Waals surface area contributed by atoms with Crippen LogP contribution in [-0.2, 0) is 4.74 Å². The van der Waals surface area contributed by atoms with E-state index in [9.17, 15) is 0 Å². The molecule has 0 saturated carbocycles. The van der Waals surface area contributed by atoms with E-state index in [1.807, 2.05) is 0 Å². The highest BCUT2D eigenvalue weighted by Gasteiger charge is 2.27. The van der Waals surface area contributed by atoms with Gasteiger partial charge in [-0.25, -0.2) is 0 Å². The van der Waals surface area contributed by atoms with Crippen LogP contribution in [0.3, 0.4) is 0 Å². The number of ether oxygens (including phenoxy) is 1. The molecule has 0 amide bonds. The van der Waals surface area contributed by atoms with Gasteiger partial charge in [0.2, 0.25) is 0 Å². The van der Waals surface area contributed by atoms with Crippen LogP contribution in [0.2, 0.25) is 0 Å². The zero-order valence-corrected chi connectivity index (χ0v) is 7.84. The standard InChI is InChI=1S/C11H16O/c1-8(2)10-5-3-4-9-6-7-12-11(9)10/h3,5,8-9H,4,6-7H2,1-2H3. The molecule has 0 N–H and O–H groups in total. The third-order valence-corrected chi connectivity index (χ3v) is 2.72. The van der Waals surface area contributed by atoms with Crippen molar-refractivity contribution in [1.29, 1.82) is 0 Å². The Morgan fingerprint density at radius 3 is 3.08 bits per heavy atom. The summed E-state index contributed by atoms with van der Waals surface area (Å²) < 4.78 is 5.66. The summed E-state index contributed by atoms with van der Waals surface area (Å²) in [4.78, 5) is 0. The second kappa shape index (κ2) is 2.96. The number of rotatable bonds is 1. The molecule has 1 heterocycles. The minimum absolute atomic E-state index is 0.608. The Balaban J connectivity index is 2.31. The van der Waals surface area contributed by atoms with Gasteiger partial charge in [0, 0.05) is 5.92 Å². The van der Waals surface area contributed by atoms with Crippen molar-refractivity contribution in [2.45, 2.75) is 26.7 Å². The van der Waals surface area contributed by atoms with Crippen LogP contribution in [0.1, 0.15) is 26.7 Å². The highest BCUT2D eigenvalue weighted by Crippen LogP contribution is 2.36. The molecular formula is C11H16O. The van der Waals surface area contributed by atoms with Crippen LogP contribution in [0, 0.1) is 11.8 Å². The molecule has 1 unspecified atom stereocenters. The first kappa shape index (κ1) is 7.90. The van der Waals surface area contributed by atoms with Crippen LogP contribution in [-0.4, -0.2) is 6.61 Å². The Hall–Kier alpha value is -0.720. The maximum atomic E-state index is 5.66. The average molecular weight is 164 g/mol. The van der Waals surface area contributed by atoms with Gasteiger partial charge in [-0.3, -0.25) is 0 Å². The largest absolute Gasteiger partial charge is 0.497 e. The zero-order valence-electron chi connectivity index (χ0n) is 7.84. The Kier molecular flexibility index (Phi) is 1.95. The summed E-state index contributed by atoms with van der Waals surface area (Å²) in [5.74, 6) is 2.59. The Bertz CT molecular complexity index is 235. The van der Waals surface area contributed by atoms with E-state index in [1.165, 1.54) is 24.2 Å². The summed E-state index contributed by atoms with van der Waals surface area (Å²) in [6, 6.07) is 0. The number of fused-ring (bicyclic) bond motifs is 1. The van der Waals surface area contributed by atoms with E-state index in [1.54, 1.807) is 0 Å². The van der Waals surface area contributed by atoms with E-state index in [-0.39, 0.29) is 0 Å². The first-order chi connectivity index (χ1) is 5.79. The van der Waals surface area contributed by atoms with E-state index in [2.05, 4.69) is 26.0 Å². The molecule has 0 aromatic heterocycles. The fourth-order valence-corrected chi connectivity index (χ4v) is 2.02. The van der Waals surface area contributed by atoms with Crippen LogP contribution < -0.4 is 0 Å². The van der Waals surface area contributed by atoms with Gasteiger partial charge in [0.05, 0.1) is 6.61 Å². The van der Waals surface area contributed by atoms with E-state index >= 15 is 0 Å². The SMILES string of the molecule is CC(C)C1=C2OCCC2CC=C1. The third kappa shape index (κ3) is 1.17.